The van der Waals surface area contributed by atoms with E-state index in [1.165, 1.54) is 23.8 Å². The average Bonchev–Trinajstić information content (AvgIpc) is 3.01. The first-order chi connectivity index (χ1) is 20.7. The third kappa shape index (κ3) is 24.9. The predicted molar refractivity (Wildman–Crippen MR) is 176 cm³/mol. The largest absolute Gasteiger partial charge is 0.463 e. The maximum Gasteiger partial charge on any atom is 0.331 e. The van der Waals surface area contributed by atoms with Crippen molar-refractivity contribution < 1.29 is 28.6 Å². The summed E-state index contributed by atoms with van der Waals surface area (Å²) in [7, 11) is 0. The summed E-state index contributed by atoms with van der Waals surface area (Å²) in [6.45, 7) is 12.4. The summed E-state index contributed by atoms with van der Waals surface area (Å²) in [4.78, 5) is 33.3. The summed E-state index contributed by atoms with van der Waals surface area (Å²) in [6, 6.07) is 19.2. The van der Waals surface area contributed by atoms with Gasteiger partial charge in [-0.2, -0.15) is 0 Å². The summed E-state index contributed by atoms with van der Waals surface area (Å²) < 4.78 is 14.5. The average molecular weight is 587 g/mol. The molecule has 0 saturated heterocycles. The molecule has 0 aliphatic rings. The van der Waals surface area contributed by atoms with Gasteiger partial charge in [0, 0.05) is 18.6 Å². The van der Waals surface area contributed by atoms with Gasteiger partial charge >= 0.3 is 17.9 Å². The van der Waals surface area contributed by atoms with Crippen molar-refractivity contribution in [1.82, 2.24) is 0 Å². The number of ether oxygens (including phenoxy) is 3. The van der Waals surface area contributed by atoms with Crippen LogP contribution in [-0.2, 0) is 28.6 Å². The van der Waals surface area contributed by atoms with Gasteiger partial charge in [-0.3, -0.25) is 4.79 Å². The highest BCUT2D eigenvalue weighted by molar-refractivity contribution is 5.87. The highest BCUT2D eigenvalue weighted by atomic mass is 16.5. The monoisotopic (exact) mass is 586 g/mol. The van der Waals surface area contributed by atoms with Gasteiger partial charge in [0.2, 0.25) is 0 Å². The first-order valence-corrected chi connectivity index (χ1v) is 14.3. The molecule has 0 fully saturated rings. The van der Waals surface area contributed by atoms with E-state index in [4.69, 9.17) is 20.6 Å². The molecule has 2 rings (SSSR count). The summed E-state index contributed by atoms with van der Waals surface area (Å²) in [5.74, 6) is 1.80. The van der Waals surface area contributed by atoms with E-state index in [0.29, 0.717) is 18.9 Å². The van der Waals surface area contributed by atoms with Crippen LogP contribution in [0.15, 0.2) is 97.1 Å². The van der Waals surface area contributed by atoms with Gasteiger partial charge in [-0.15, -0.1) is 6.42 Å². The molecule has 6 nitrogen and oxygen atoms in total. The summed E-state index contributed by atoms with van der Waals surface area (Å²) in [5, 5.41) is 0. The van der Waals surface area contributed by atoms with E-state index in [-0.39, 0.29) is 31.1 Å². The number of benzene rings is 2. The summed E-state index contributed by atoms with van der Waals surface area (Å²) >= 11 is 0. The van der Waals surface area contributed by atoms with E-state index >= 15 is 0 Å². The molecule has 43 heavy (non-hydrogen) atoms. The summed E-state index contributed by atoms with van der Waals surface area (Å²) in [5.41, 5.74) is 3.29. The number of rotatable bonds is 14. The Balaban J connectivity index is 0.000000616. The quantitative estimate of drug-likeness (QED) is 0.0733. The number of carbonyl (C=O) groups is 3. The minimum Gasteiger partial charge on any atom is -0.463 e. The Morgan fingerprint density at radius 2 is 1.42 bits per heavy atom. The molecule has 0 aliphatic carbocycles. The van der Waals surface area contributed by atoms with Gasteiger partial charge in [-0.1, -0.05) is 105 Å². The second kappa shape index (κ2) is 26.3. The maximum atomic E-state index is 11.2. The van der Waals surface area contributed by atoms with Crippen LogP contribution in [0.5, 0.6) is 0 Å². The van der Waals surface area contributed by atoms with Gasteiger partial charge in [-0.05, 0) is 62.3 Å². The number of hydrogen-bond acceptors (Lipinski definition) is 6. The Bertz CT molecular complexity index is 1180. The van der Waals surface area contributed by atoms with Crippen molar-refractivity contribution in [3.05, 3.63) is 108 Å². The molecular formula is C37H46O6. The van der Waals surface area contributed by atoms with Crippen molar-refractivity contribution >= 4 is 30.1 Å². The molecule has 2 aromatic carbocycles. The van der Waals surface area contributed by atoms with Crippen LogP contribution in [-0.4, -0.2) is 37.7 Å². The number of terminal acetylenes is 1. The zero-order valence-electron chi connectivity index (χ0n) is 26.0. The van der Waals surface area contributed by atoms with Crippen LogP contribution in [0.25, 0.3) is 12.2 Å². The van der Waals surface area contributed by atoms with Crippen LogP contribution >= 0.6 is 0 Å². The second-order valence-electron chi connectivity index (χ2n) is 9.61. The maximum absolute atomic E-state index is 11.2. The molecule has 0 N–H and O–H groups in total. The SMILES string of the molecule is C#CCOC(=O)CC(C)CCC=C(C)C.C=CCOC(=O)/C=C/c1ccccc1.CCCOC(=O)/C=C/c1ccccc1. The third-order valence-corrected chi connectivity index (χ3v) is 5.26. The van der Waals surface area contributed by atoms with Crippen molar-refractivity contribution in [2.24, 2.45) is 5.92 Å². The Labute approximate surface area is 258 Å². The molecule has 0 aromatic heterocycles. The Hall–Kier alpha value is -4.63. The van der Waals surface area contributed by atoms with Crippen molar-refractivity contribution in [2.75, 3.05) is 19.8 Å². The molecule has 1 atom stereocenters. The molecule has 1 unspecified atom stereocenters. The van der Waals surface area contributed by atoms with Gasteiger partial charge in [-0.25, -0.2) is 9.59 Å². The molecule has 0 spiro atoms. The molecular weight excluding hydrogens is 540 g/mol. The fourth-order valence-electron chi connectivity index (χ4n) is 3.12. The first kappa shape index (κ1) is 38.4. The van der Waals surface area contributed by atoms with E-state index < -0.39 is 0 Å². The highest BCUT2D eigenvalue weighted by Crippen LogP contribution is 2.12. The Morgan fingerprint density at radius 1 is 0.884 bits per heavy atom. The number of esters is 3. The lowest BCUT2D eigenvalue weighted by Gasteiger charge is -2.08. The molecule has 0 saturated carbocycles. The van der Waals surface area contributed by atoms with Crippen molar-refractivity contribution in [3.8, 4) is 12.3 Å². The fraction of sp³-hybridized carbons (Fsp3) is 0.324. The Kier molecular flexibility index (Phi) is 23.5. The fourth-order valence-corrected chi connectivity index (χ4v) is 3.12. The second-order valence-corrected chi connectivity index (χ2v) is 9.61. The van der Waals surface area contributed by atoms with E-state index in [1.54, 1.807) is 12.2 Å². The zero-order valence-corrected chi connectivity index (χ0v) is 26.0. The van der Waals surface area contributed by atoms with Gasteiger partial charge in [0.05, 0.1) is 6.61 Å². The van der Waals surface area contributed by atoms with Crippen LogP contribution in [0.4, 0.5) is 0 Å². The number of allylic oxidation sites excluding steroid dienone is 2. The van der Waals surface area contributed by atoms with Crippen LogP contribution in [0.3, 0.4) is 0 Å². The van der Waals surface area contributed by atoms with Crippen LogP contribution in [0, 0.1) is 18.3 Å². The van der Waals surface area contributed by atoms with Crippen LogP contribution in [0.1, 0.15) is 64.5 Å². The van der Waals surface area contributed by atoms with Gasteiger partial charge < -0.3 is 14.2 Å². The number of carbonyl (C=O) groups excluding carboxylic acids is 3. The van der Waals surface area contributed by atoms with E-state index in [9.17, 15) is 14.4 Å². The van der Waals surface area contributed by atoms with Crippen molar-refractivity contribution in [3.63, 3.8) is 0 Å². The molecule has 0 amide bonds. The molecule has 2 aromatic rings. The minimum atomic E-state index is -0.353. The Morgan fingerprint density at radius 3 is 1.88 bits per heavy atom. The van der Waals surface area contributed by atoms with Crippen LogP contribution < -0.4 is 0 Å². The molecule has 0 bridgehead atoms. The molecule has 0 aliphatic heterocycles. The van der Waals surface area contributed by atoms with Gasteiger partial charge in [0.15, 0.2) is 6.61 Å². The number of hydrogen-bond donors (Lipinski definition) is 0. The van der Waals surface area contributed by atoms with E-state index in [0.717, 1.165) is 30.4 Å². The normalized spacial score (nSPS) is 10.6. The zero-order chi connectivity index (χ0) is 32.1. The van der Waals surface area contributed by atoms with Gasteiger partial charge in [0.1, 0.15) is 6.61 Å². The lowest BCUT2D eigenvalue weighted by molar-refractivity contribution is -0.143. The molecule has 0 radical (unpaired) electrons. The van der Waals surface area contributed by atoms with Crippen LogP contribution in [0.2, 0.25) is 0 Å². The smallest absolute Gasteiger partial charge is 0.331 e. The predicted octanol–water partition coefficient (Wildman–Crippen LogP) is 8.02. The molecule has 0 heterocycles. The van der Waals surface area contributed by atoms with E-state index in [1.807, 2.05) is 67.6 Å². The first-order valence-electron chi connectivity index (χ1n) is 14.3. The topological polar surface area (TPSA) is 78.9 Å². The summed E-state index contributed by atoms with van der Waals surface area (Å²) in [6.07, 6.45) is 18.4. The third-order valence-electron chi connectivity index (χ3n) is 5.26. The minimum absolute atomic E-state index is 0.0829. The molecule has 230 valence electrons. The lowest BCUT2D eigenvalue weighted by atomic mass is 10.0. The highest BCUT2D eigenvalue weighted by Gasteiger charge is 2.08. The van der Waals surface area contributed by atoms with E-state index in [2.05, 4.69) is 39.3 Å². The molecule has 6 heteroatoms. The lowest BCUT2D eigenvalue weighted by Crippen LogP contribution is -2.09. The van der Waals surface area contributed by atoms with Crippen molar-refractivity contribution in [2.45, 2.75) is 53.4 Å². The standard InChI is InChI=1S/C13H20O2.C12H14O2.C12H12O2/c1-5-9-15-13(14)10-12(4)8-6-7-11(2)3;2*1-2-10-14-12(13)9-8-11-6-4-3-5-7-11/h1,7,12H,6,8-10H2,2-4H3;3-9H,2,10H2,1H3;2-9H,1,10H2/b;2*9-8+. The van der Waals surface area contributed by atoms with Gasteiger partial charge in [0.25, 0.3) is 0 Å². The van der Waals surface area contributed by atoms with Crippen molar-refractivity contribution in [1.29, 1.82) is 0 Å².